The lowest BCUT2D eigenvalue weighted by molar-refractivity contribution is -0.143. The van der Waals surface area contributed by atoms with Crippen LogP contribution in [0.3, 0.4) is 0 Å². The van der Waals surface area contributed by atoms with Gasteiger partial charge in [-0.05, 0) is 60.8 Å². The molecule has 0 spiro atoms. The van der Waals surface area contributed by atoms with Crippen molar-refractivity contribution < 1.29 is 9.59 Å². The molecule has 1 aliphatic heterocycles. The molecule has 4 atom stereocenters. The van der Waals surface area contributed by atoms with Crippen LogP contribution in [0.4, 0.5) is 0 Å². The zero-order valence-corrected chi connectivity index (χ0v) is 20.7. The minimum atomic E-state index is -0.170. The number of benzene rings is 1. The van der Waals surface area contributed by atoms with Crippen LogP contribution in [-0.2, 0) is 22.4 Å². The molecular formula is C30H41NO2. The summed E-state index contributed by atoms with van der Waals surface area (Å²) in [5, 5.41) is 0. The fourth-order valence-corrected chi connectivity index (χ4v) is 7.16. The highest BCUT2D eigenvalue weighted by atomic mass is 16.2. The maximum Gasteiger partial charge on any atom is 0.234 e. The van der Waals surface area contributed by atoms with E-state index in [1.54, 1.807) is 4.90 Å². The molecule has 2 bridgehead atoms. The van der Waals surface area contributed by atoms with Crippen LogP contribution in [-0.4, -0.2) is 22.8 Å². The number of rotatable bonds is 9. The van der Waals surface area contributed by atoms with Gasteiger partial charge in [0.2, 0.25) is 11.8 Å². The molecular weight excluding hydrogens is 406 g/mol. The first kappa shape index (κ1) is 22.9. The Morgan fingerprint density at radius 1 is 0.727 bits per heavy atom. The molecule has 2 fully saturated rings. The number of allylic oxidation sites excluding steroid dienone is 2. The minimum Gasteiger partial charge on any atom is -0.279 e. The Morgan fingerprint density at radius 3 is 1.67 bits per heavy atom. The van der Waals surface area contributed by atoms with Gasteiger partial charge in [-0.15, -0.1) is 0 Å². The number of nitrogens with zero attached hydrogens (tertiary/aromatic N) is 1. The minimum absolute atomic E-state index is 0.0784. The number of hydrogen-bond donors (Lipinski definition) is 0. The van der Waals surface area contributed by atoms with Crippen LogP contribution in [0.1, 0.15) is 119 Å². The lowest BCUT2D eigenvalue weighted by Gasteiger charge is -2.41. The van der Waals surface area contributed by atoms with E-state index in [2.05, 4.69) is 38.1 Å². The van der Waals surface area contributed by atoms with Gasteiger partial charge in [0.25, 0.3) is 0 Å². The number of imide groups is 1. The topological polar surface area (TPSA) is 37.4 Å². The SMILES string of the molecule is CCCCCc1cc2c(cc1CCCCC)C1C=CC2C2C(=O)N(C3CCCCC3)C(=O)C12. The zero-order chi connectivity index (χ0) is 22.9. The summed E-state index contributed by atoms with van der Waals surface area (Å²) < 4.78 is 0. The summed E-state index contributed by atoms with van der Waals surface area (Å²) in [5.41, 5.74) is 5.69. The van der Waals surface area contributed by atoms with Gasteiger partial charge in [-0.1, -0.05) is 83.1 Å². The third-order valence-electron chi connectivity index (χ3n) is 8.89. The van der Waals surface area contributed by atoms with E-state index in [9.17, 15) is 9.59 Å². The zero-order valence-electron chi connectivity index (χ0n) is 20.7. The van der Waals surface area contributed by atoms with Crippen LogP contribution in [0.5, 0.6) is 0 Å². The normalized spacial score (nSPS) is 28.5. The first-order valence-corrected chi connectivity index (χ1v) is 13.9. The van der Waals surface area contributed by atoms with Crippen molar-refractivity contribution in [3.63, 3.8) is 0 Å². The monoisotopic (exact) mass is 447 g/mol. The highest BCUT2D eigenvalue weighted by Gasteiger charge is 2.59. The Kier molecular flexibility index (Phi) is 6.77. The van der Waals surface area contributed by atoms with Gasteiger partial charge in [-0.2, -0.15) is 0 Å². The fraction of sp³-hybridized carbons (Fsp3) is 0.667. The quantitative estimate of drug-likeness (QED) is 0.236. The molecule has 1 aromatic carbocycles. The van der Waals surface area contributed by atoms with Crippen LogP contribution in [0.2, 0.25) is 0 Å². The van der Waals surface area contributed by atoms with Crippen LogP contribution in [0.25, 0.3) is 0 Å². The average molecular weight is 448 g/mol. The Morgan fingerprint density at radius 2 is 1.21 bits per heavy atom. The molecule has 6 rings (SSSR count). The van der Waals surface area contributed by atoms with E-state index in [-0.39, 0.29) is 41.5 Å². The van der Waals surface area contributed by atoms with Gasteiger partial charge in [0.15, 0.2) is 0 Å². The van der Waals surface area contributed by atoms with Gasteiger partial charge in [0.05, 0.1) is 11.8 Å². The number of amides is 2. The molecule has 3 nitrogen and oxygen atoms in total. The second kappa shape index (κ2) is 9.76. The van der Waals surface area contributed by atoms with E-state index in [1.165, 1.54) is 67.2 Å². The molecule has 1 heterocycles. The summed E-state index contributed by atoms with van der Waals surface area (Å²) in [7, 11) is 0. The van der Waals surface area contributed by atoms with Gasteiger partial charge >= 0.3 is 0 Å². The van der Waals surface area contributed by atoms with Gasteiger partial charge in [-0.25, -0.2) is 0 Å². The Labute approximate surface area is 200 Å². The number of carbonyl (C=O) groups is 2. The van der Waals surface area contributed by atoms with Crippen molar-refractivity contribution in [3.05, 3.63) is 46.5 Å². The molecule has 4 aliphatic carbocycles. The molecule has 3 heteroatoms. The third-order valence-corrected chi connectivity index (χ3v) is 8.89. The second-order valence-electron chi connectivity index (χ2n) is 11.0. The average Bonchev–Trinajstić information content (AvgIpc) is 3.12. The van der Waals surface area contributed by atoms with E-state index in [0.717, 1.165) is 38.5 Å². The number of hydrogen-bond acceptors (Lipinski definition) is 2. The predicted molar refractivity (Wildman–Crippen MR) is 133 cm³/mol. The maximum absolute atomic E-state index is 13.7. The molecule has 0 aromatic heterocycles. The fourth-order valence-electron chi connectivity index (χ4n) is 7.16. The van der Waals surface area contributed by atoms with Crippen molar-refractivity contribution in [1.82, 2.24) is 4.90 Å². The van der Waals surface area contributed by atoms with Crippen LogP contribution in [0.15, 0.2) is 24.3 Å². The van der Waals surface area contributed by atoms with Crippen molar-refractivity contribution in [3.8, 4) is 0 Å². The number of carbonyl (C=O) groups excluding carboxylic acids is 2. The van der Waals surface area contributed by atoms with Crippen molar-refractivity contribution >= 4 is 11.8 Å². The molecule has 5 aliphatic rings. The molecule has 1 aromatic rings. The third kappa shape index (κ3) is 4.00. The molecule has 178 valence electrons. The Hall–Kier alpha value is -1.90. The second-order valence-corrected chi connectivity index (χ2v) is 11.0. The smallest absolute Gasteiger partial charge is 0.234 e. The van der Waals surface area contributed by atoms with E-state index in [1.807, 2.05) is 0 Å². The molecule has 2 amide bonds. The number of likely N-dealkylation sites (tertiary alicyclic amines) is 1. The lowest BCUT2D eigenvalue weighted by atomic mass is 9.60. The molecule has 4 unspecified atom stereocenters. The summed E-state index contributed by atoms with van der Waals surface area (Å²) in [6.07, 6.45) is 19.8. The van der Waals surface area contributed by atoms with Gasteiger partial charge < -0.3 is 0 Å². The number of aryl methyl sites for hydroxylation is 2. The summed E-state index contributed by atoms with van der Waals surface area (Å²) in [5.74, 6) is 0.0694. The predicted octanol–water partition coefficient (Wildman–Crippen LogP) is 6.84. The highest BCUT2D eigenvalue weighted by Crippen LogP contribution is 2.56. The Bertz CT molecular complexity index is 860. The lowest BCUT2D eigenvalue weighted by Crippen LogP contribution is -2.42. The molecule has 1 saturated carbocycles. The van der Waals surface area contributed by atoms with Crippen molar-refractivity contribution in [1.29, 1.82) is 0 Å². The summed E-state index contributed by atoms with van der Waals surface area (Å²) >= 11 is 0. The summed E-state index contributed by atoms with van der Waals surface area (Å²) in [6, 6.07) is 5.04. The van der Waals surface area contributed by atoms with E-state index >= 15 is 0 Å². The Balaban J connectivity index is 1.48. The van der Waals surface area contributed by atoms with Gasteiger partial charge in [0, 0.05) is 17.9 Å². The molecule has 0 radical (unpaired) electrons. The van der Waals surface area contributed by atoms with E-state index < -0.39 is 0 Å². The van der Waals surface area contributed by atoms with Gasteiger partial charge in [-0.3, -0.25) is 14.5 Å². The van der Waals surface area contributed by atoms with Crippen LogP contribution < -0.4 is 0 Å². The summed E-state index contributed by atoms with van der Waals surface area (Å²) in [4.78, 5) is 29.0. The highest BCUT2D eigenvalue weighted by molar-refractivity contribution is 6.07. The van der Waals surface area contributed by atoms with Crippen molar-refractivity contribution in [2.24, 2.45) is 11.8 Å². The number of unbranched alkanes of at least 4 members (excludes halogenated alkanes) is 4. The van der Waals surface area contributed by atoms with Crippen molar-refractivity contribution in [2.45, 2.75) is 115 Å². The molecule has 33 heavy (non-hydrogen) atoms. The van der Waals surface area contributed by atoms with E-state index in [4.69, 9.17) is 0 Å². The first-order valence-electron chi connectivity index (χ1n) is 13.9. The van der Waals surface area contributed by atoms with Crippen LogP contribution in [0, 0.1) is 11.8 Å². The summed E-state index contributed by atoms with van der Waals surface area (Å²) in [6.45, 7) is 4.53. The van der Waals surface area contributed by atoms with Crippen LogP contribution >= 0.6 is 0 Å². The maximum atomic E-state index is 13.7. The largest absolute Gasteiger partial charge is 0.279 e. The standard InChI is InChI=1S/C30H41NO2/c1-3-5-8-12-20-18-25-23-16-17-24(26(25)19-21(20)13-9-6-4-2)28-27(23)29(32)31(30(28)33)22-14-10-7-11-15-22/h16-19,22-24,27-28H,3-15H2,1-2H3. The van der Waals surface area contributed by atoms with E-state index in [0.29, 0.717) is 0 Å². The molecule has 0 N–H and O–H groups in total. The van der Waals surface area contributed by atoms with Gasteiger partial charge in [0.1, 0.15) is 0 Å². The molecule has 1 saturated heterocycles. The van der Waals surface area contributed by atoms with Crippen molar-refractivity contribution in [2.75, 3.05) is 0 Å². The first-order chi connectivity index (χ1) is 16.2.